The maximum absolute atomic E-state index is 9.51. The zero-order chi connectivity index (χ0) is 17.6. The minimum Gasteiger partial charge on any atom is -0.493 e. The molecule has 140 valence electrons. The first kappa shape index (κ1) is 18.5. The summed E-state index contributed by atoms with van der Waals surface area (Å²) in [4.78, 5) is 5.18. The van der Waals surface area contributed by atoms with Gasteiger partial charge in [-0.3, -0.25) is 9.80 Å². The molecule has 3 rings (SSSR count). The van der Waals surface area contributed by atoms with Crippen LogP contribution in [0.15, 0.2) is 18.2 Å². The van der Waals surface area contributed by atoms with E-state index < -0.39 is 0 Å². The second kappa shape index (κ2) is 8.88. The molecule has 1 saturated carbocycles. The molecule has 0 bridgehead atoms. The lowest BCUT2D eigenvalue weighted by molar-refractivity contribution is 0.0267. The fraction of sp³-hybridized carbons (Fsp3) is 0.700. The van der Waals surface area contributed by atoms with Crippen LogP contribution in [0.5, 0.6) is 11.5 Å². The third-order valence-corrected chi connectivity index (χ3v) is 5.72. The number of hydrogen-bond donors (Lipinski definition) is 1. The topological polar surface area (TPSA) is 45.2 Å². The highest BCUT2D eigenvalue weighted by Gasteiger charge is 2.32. The van der Waals surface area contributed by atoms with E-state index in [0.717, 1.165) is 50.1 Å². The highest BCUT2D eigenvalue weighted by Crippen LogP contribution is 2.30. The van der Waals surface area contributed by atoms with E-state index in [1.54, 1.807) is 14.2 Å². The average Bonchev–Trinajstić information content (AvgIpc) is 3.16. The minimum atomic E-state index is 0.276. The zero-order valence-electron chi connectivity index (χ0n) is 15.6. The van der Waals surface area contributed by atoms with Gasteiger partial charge in [0.15, 0.2) is 11.5 Å². The summed E-state index contributed by atoms with van der Waals surface area (Å²) in [6.45, 7) is 4.43. The van der Waals surface area contributed by atoms with Gasteiger partial charge in [-0.15, -0.1) is 0 Å². The van der Waals surface area contributed by atoms with Crippen molar-refractivity contribution in [3.05, 3.63) is 23.8 Å². The normalized spacial score (nSPS) is 23.1. The fourth-order valence-electron chi connectivity index (χ4n) is 4.44. The Morgan fingerprint density at radius 3 is 2.52 bits per heavy atom. The highest BCUT2D eigenvalue weighted by molar-refractivity contribution is 5.42. The van der Waals surface area contributed by atoms with Crippen LogP contribution in [0.4, 0.5) is 0 Å². The molecule has 0 radical (unpaired) electrons. The minimum absolute atomic E-state index is 0.276. The molecule has 2 aliphatic rings. The van der Waals surface area contributed by atoms with E-state index in [9.17, 15) is 5.11 Å². The number of aliphatic hydroxyl groups excluding tert-OH is 1. The van der Waals surface area contributed by atoms with Crippen LogP contribution in [0.2, 0.25) is 0 Å². The van der Waals surface area contributed by atoms with E-state index in [2.05, 4.69) is 21.9 Å². The van der Waals surface area contributed by atoms with E-state index in [1.807, 2.05) is 6.07 Å². The van der Waals surface area contributed by atoms with Gasteiger partial charge >= 0.3 is 0 Å². The van der Waals surface area contributed by atoms with Crippen molar-refractivity contribution in [3.63, 3.8) is 0 Å². The molecule has 0 spiro atoms. The third kappa shape index (κ3) is 4.46. The van der Waals surface area contributed by atoms with Crippen molar-refractivity contribution >= 4 is 0 Å². The smallest absolute Gasteiger partial charge is 0.161 e. The number of nitrogens with zero attached hydrogens (tertiary/aromatic N) is 2. The first-order valence-corrected chi connectivity index (χ1v) is 9.55. The van der Waals surface area contributed by atoms with Crippen molar-refractivity contribution in [2.24, 2.45) is 0 Å². The van der Waals surface area contributed by atoms with Crippen molar-refractivity contribution in [3.8, 4) is 11.5 Å². The summed E-state index contributed by atoms with van der Waals surface area (Å²) in [5.74, 6) is 1.56. The largest absolute Gasteiger partial charge is 0.493 e. The Morgan fingerprint density at radius 1 is 1.08 bits per heavy atom. The molecule has 2 fully saturated rings. The van der Waals surface area contributed by atoms with Gasteiger partial charge in [-0.05, 0) is 37.0 Å². The summed E-state index contributed by atoms with van der Waals surface area (Å²) in [5.41, 5.74) is 1.25. The molecule has 1 aromatic carbocycles. The van der Waals surface area contributed by atoms with Gasteiger partial charge in [0.1, 0.15) is 0 Å². The third-order valence-electron chi connectivity index (χ3n) is 5.72. The van der Waals surface area contributed by atoms with E-state index in [-0.39, 0.29) is 6.61 Å². The monoisotopic (exact) mass is 348 g/mol. The number of hydrogen-bond acceptors (Lipinski definition) is 5. The Labute approximate surface area is 151 Å². The second-order valence-corrected chi connectivity index (χ2v) is 7.27. The SMILES string of the molecule is COc1ccc(CN2CCN(C3CCCC3)[C@@H](CCO)C2)cc1OC. The molecule has 1 saturated heterocycles. The van der Waals surface area contributed by atoms with Gasteiger partial charge in [-0.1, -0.05) is 18.9 Å². The predicted octanol–water partition coefficient (Wildman–Crippen LogP) is 2.52. The average molecular weight is 348 g/mol. The van der Waals surface area contributed by atoms with Crippen molar-refractivity contribution < 1.29 is 14.6 Å². The van der Waals surface area contributed by atoms with Gasteiger partial charge < -0.3 is 14.6 Å². The van der Waals surface area contributed by atoms with Crippen molar-refractivity contribution in [2.75, 3.05) is 40.5 Å². The van der Waals surface area contributed by atoms with Crippen molar-refractivity contribution in [1.29, 1.82) is 0 Å². The van der Waals surface area contributed by atoms with Crippen LogP contribution >= 0.6 is 0 Å². The molecule has 1 aliphatic heterocycles. The summed E-state index contributed by atoms with van der Waals surface area (Å²) in [6, 6.07) is 7.38. The molecule has 5 heteroatoms. The van der Waals surface area contributed by atoms with Gasteiger partial charge in [-0.2, -0.15) is 0 Å². The van der Waals surface area contributed by atoms with Crippen LogP contribution in [0, 0.1) is 0 Å². The summed E-state index contributed by atoms with van der Waals surface area (Å²) < 4.78 is 10.8. The lowest BCUT2D eigenvalue weighted by Gasteiger charge is -2.44. The maximum Gasteiger partial charge on any atom is 0.161 e. The Hall–Kier alpha value is -1.30. The predicted molar refractivity (Wildman–Crippen MR) is 99.3 cm³/mol. The Morgan fingerprint density at radius 2 is 1.84 bits per heavy atom. The molecular weight excluding hydrogens is 316 g/mol. The fourth-order valence-corrected chi connectivity index (χ4v) is 4.44. The Bertz CT molecular complexity index is 546. The lowest BCUT2D eigenvalue weighted by atomic mass is 10.0. The van der Waals surface area contributed by atoms with E-state index in [4.69, 9.17) is 9.47 Å². The molecular formula is C20H32N2O3. The van der Waals surface area contributed by atoms with Crippen LogP contribution in [0.1, 0.15) is 37.7 Å². The number of ether oxygens (including phenoxy) is 2. The van der Waals surface area contributed by atoms with Crippen LogP contribution in [-0.4, -0.2) is 67.5 Å². The molecule has 0 amide bonds. The highest BCUT2D eigenvalue weighted by atomic mass is 16.5. The quantitative estimate of drug-likeness (QED) is 0.820. The molecule has 5 nitrogen and oxygen atoms in total. The molecule has 25 heavy (non-hydrogen) atoms. The summed E-state index contributed by atoms with van der Waals surface area (Å²) >= 11 is 0. The van der Waals surface area contributed by atoms with Gasteiger partial charge in [-0.25, -0.2) is 0 Å². The van der Waals surface area contributed by atoms with Crippen LogP contribution in [-0.2, 0) is 6.54 Å². The number of rotatable bonds is 7. The van der Waals surface area contributed by atoms with Crippen LogP contribution < -0.4 is 9.47 Å². The maximum atomic E-state index is 9.51. The molecule has 1 heterocycles. The molecule has 1 atom stereocenters. The summed E-state index contributed by atoms with van der Waals surface area (Å²) in [5, 5.41) is 9.51. The Kier molecular flexibility index (Phi) is 6.57. The first-order chi connectivity index (χ1) is 12.2. The van der Waals surface area contributed by atoms with E-state index in [1.165, 1.54) is 31.2 Å². The zero-order valence-corrected chi connectivity index (χ0v) is 15.6. The lowest BCUT2D eigenvalue weighted by Crippen LogP contribution is -2.55. The van der Waals surface area contributed by atoms with Crippen molar-refractivity contribution in [1.82, 2.24) is 9.80 Å². The second-order valence-electron chi connectivity index (χ2n) is 7.27. The molecule has 1 aromatic rings. The molecule has 0 unspecified atom stereocenters. The summed E-state index contributed by atoms with van der Waals surface area (Å²) in [6.07, 6.45) is 6.26. The van der Waals surface area contributed by atoms with E-state index >= 15 is 0 Å². The van der Waals surface area contributed by atoms with Crippen LogP contribution in [0.3, 0.4) is 0 Å². The van der Waals surface area contributed by atoms with Gasteiger partial charge in [0.25, 0.3) is 0 Å². The van der Waals surface area contributed by atoms with Gasteiger partial charge in [0.2, 0.25) is 0 Å². The number of benzene rings is 1. The summed E-state index contributed by atoms with van der Waals surface area (Å²) in [7, 11) is 3.35. The Balaban J connectivity index is 1.64. The number of aliphatic hydroxyl groups is 1. The van der Waals surface area contributed by atoms with Gasteiger partial charge in [0, 0.05) is 44.9 Å². The van der Waals surface area contributed by atoms with E-state index in [0.29, 0.717) is 6.04 Å². The molecule has 0 aromatic heterocycles. The standard InChI is InChI=1S/C20H32N2O3/c1-24-19-8-7-16(13-20(19)25-2)14-21-10-11-22(17-5-3-4-6-17)18(15-21)9-12-23/h7-8,13,17-18,23H,3-6,9-12,14-15H2,1-2H3/t18-/m0/s1. The molecule has 1 N–H and O–H groups in total. The number of methoxy groups -OCH3 is 2. The van der Waals surface area contributed by atoms with Crippen molar-refractivity contribution in [2.45, 2.75) is 50.7 Å². The van der Waals surface area contributed by atoms with Gasteiger partial charge in [0.05, 0.1) is 14.2 Å². The number of piperazine rings is 1. The molecule has 1 aliphatic carbocycles. The first-order valence-electron chi connectivity index (χ1n) is 9.55. The van der Waals surface area contributed by atoms with Crippen LogP contribution in [0.25, 0.3) is 0 Å².